The average molecular weight is 266 g/mol. The van der Waals surface area contributed by atoms with Gasteiger partial charge in [0.2, 0.25) is 0 Å². The fraction of sp³-hybridized carbons (Fsp3) is 0.500. The summed E-state index contributed by atoms with van der Waals surface area (Å²) >= 11 is 0. The van der Waals surface area contributed by atoms with Gasteiger partial charge in [-0.05, 0) is 44.7 Å². The molecule has 0 aliphatic heterocycles. The highest BCUT2D eigenvalue weighted by molar-refractivity contribution is 5.90. The van der Waals surface area contributed by atoms with Crippen LogP contribution < -0.4 is 10.6 Å². The minimum absolute atomic E-state index is 0.104. The van der Waals surface area contributed by atoms with E-state index in [1.165, 1.54) is 6.07 Å². The maximum absolute atomic E-state index is 13.4. The van der Waals surface area contributed by atoms with Crippen molar-refractivity contribution in [2.75, 3.05) is 11.9 Å². The molecular weight excluding hydrogens is 247 g/mol. The van der Waals surface area contributed by atoms with E-state index in [1.807, 2.05) is 6.92 Å². The maximum atomic E-state index is 13.4. The summed E-state index contributed by atoms with van der Waals surface area (Å²) in [5, 5.41) is 14.8. The molecule has 0 bridgehead atoms. The first-order chi connectivity index (χ1) is 8.96. The Labute approximate surface area is 112 Å². The molecule has 1 unspecified atom stereocenters. The maximum Gasteiger partial charge on any atom is 0.319 e. The lowest BCUT2D eigenvalue weighted by atomic mass is 9.97. The molecule has 0 heterocycles. The number of aliphatic hydroxyl groups excluding tert-OH is 1. The lowest BCUT2D eigenvalue weighted by Gasteiger charge is -2.28. The second kappa shape index (κ2) is 5.17. The molecule has 3 N–H and O–H groups in total. The highest BCUT2D eigenvalue weighted by Crippen LogP contribution is 2.39. The van der Waals surface area contributed by atoms with Gasteiger partial charge >= 0.3 is 6.03 Å². The molecule has 0 radical (unpaired) electrons. The zero-order valence-electron chi connectivity index (χ0n) is 11.2. The first-order valence-electron chi connectivity index (χ1n) is 6.41. The van der Waals surface area contributed by atoms with Crippen molar-refractivity contribution >= 4 is 11.7 Å². The molecule has 2 rings (SSSR count). The van der Waals surface area contributed by atoms with Crippen LogP contribution >= 0.6 is 0 Å². The molecule has 104 valence electrons. The molecule has 1 fully saturated rings. The topological polar surface area (TPSA) is 61.4 Å². The van der Waals surface area contributed by atoms with Gasteiger partial charge in [0.15, 0.2) is 0 Å². The minimum Gasteiger partial charge on any atom is -0.394 e. The molecule has 1 aliphatic rings. The fourth-order valence-corrected chi connectivity index (χ4v) is 2.15. The molecular formula is C14H19FN2O2. The Morgan fingerprint density at radius 2 is 2.21 bits per heavy atom. The highest BCUT2D eigenvalue weighted by Gasteiger charge is 2.42. The molecule has 1 aromatic carbocycles. The van der Waals surface area contributed by atoms with E-state index in [-0.39, 0.29) is 12.4 Å². The van der Waals surface area contributed by atoms with Gasteiger partial charge in [-0.15, -0.1) is 0 Å². The molecule has 19 heavy (non-hydrogen) atoms. The Morgan fingerprint density at radius 3 is 2.79 bits per heavy atom. The van der Waals surface area contributed by atoms with E-state index in [9.17, 15) is 14.3 Å². The smallest absolute Gasteiger partial charge is 0.319 e. The number of aliphatic hydroxyl groups is 1. The number of carbonyl (C=O) groups is 1. The van der Waals surface area contributed by atoms with E-state index in [0.717, 1.165) is 12.8 Å². The third-order valence-electron chi connectivity index (χ3n) is 3.72. The number of anilines is 1. The van der Waals surface area contributed by atoms with Crippen LogP contribution in [-0.2, 0) is 0 Å². The summed E-state index contributed by atoms with van der Waals surface area (Å²) in [5.41, 5.74) is 0.231. The molecule has 0 aromatic heterocycles. The van der Waals surface area contributed by atoms with E-state index >= 15 is 0 Å². The summed E-state index contributed by atoms with van der Waals surface area (Å²) in [4.78, 5) is 11.9. The number of hydrogen-bond donors (Lipinski definition) is 3. The van der Waals surface area contributed by atoms with Crippen molar-refractivity contribution in [2.45, 2.75) is 32.2 Å². The van der Waals surface area contributed by atoms with E-state index in [1.54, 1.807) is 19.1 Å². The molecule has 0 spiro atoms. The molecule has 1 atom stereocenters. The predicted octanol–water partition coefficient (Wildman–Crippen LogP) is 2.42. The summed E-state index contributed by atoms with van der Waals surface area (Å²) in [6, 6.07) is 4.12. The van der Waals surface area contributed by atoms with Crippen LogP contribution in [0.2, 0.25) is 0 Å². The second-order valence-electron chi connectivity index (χ2n) is 5.34. The van der Waals surface area contributed by atoms with Crippen molar-refractivity contribution < 1.29 is 14.3 Å². The molecule has 1 saturated carbocycles. The number of nitrogens with one attached hydrogen (secondary N) is 2. The third-order valence-corrected chi connectivity index (χ3v) is 3.72. The fourth-order valence-electron chi connectivity index (χ4n) is 2.15. The lowest BCUT2D eigenvalue weighted by molar-refractivity contribution is 0.159. The molecule has 1 aromatic rings. The van der Waals surface area contributed by atoms with Crippen molar-refractivity contribution in [2.24, 2.45) is 5.92 Å². The van der Waals surface area contributed by atoms with E-state index in [4.69, 9.17) is 0 Å². The monoisotopic (exact) mass is 266 g/mol. The zero-order chi connectivity index (χ0) is 14.0. The number of rotatable bonds is 4. The van der Waals surface area contributed by atoms with Crippen LogP contribution in [0.15, 0.2) is 18.2 Å². The molecule has 5 heteroatoms. The quantitative estimate of drug-likeness (QED) is 0.783. The molecule has 1 aliphatic carbocycles. The van der Waals surface area contributed by atoms with Crippen LogP contribution in [0, 0.1) is 18.7 Å². The van der Waals surface area contributed by atoms with Gasteiger partial charge in [-0.25, -0.2) is 9.18 Å². The summed E-state index contributed by atoms with van der Waals surface area (Å²) in [5.74, 6) is -0.0400. The number of halogens is 1. The van der Waals surface area contributed by atoms with Gasteiger partial charge < -0.3 is 15.7 Å². The largest absolute Gasteiger partial charge is 0.394 e. The summed E-state index contributed by atoms with van der Waals surface area (Å²) < 4.78 is 13.4. The number of urea groups is 1. The summed E-state index contributed by atoms with van der Waals surface area (Å²) in [6.45, 7) is 3.33. The van der Waals surface area contributed by atoms with Gasteiger partial charge in [-0.1, -0.05) is 6.07 Å². The Hall–Kier alpha value is -1.62. The van der Waals surface area contributed by atoms with Crippen molar-refractivity contribution in [3.8, 4) is 0 Å². The van der Waals surface area contributed by atoms with E-state index in [2.05, 4.69) is 10.6 Å². The van der Waals surface area contributed by atoms with Gasteiger partial charge in [0.05, 0.1) is 12.1 Å². The first kappa shape index (κ1) is 13.8. The van der Waals surface area contributed by atoms with E-state index < -0.39 is 11.6 Å². The summed E-state index contributed by atoms with van der Waals surface area (Å²) in [6.07, 6.45) is 2.02. The zero-order valence-corrected chi connectivity index (χ0v) is 11.2. The Kier molecular flexibility index (Phi) is 3.75. The van der Waals surface area contributed by atoms with Crippen molar-refractivity contribution in [1.82, 2.24) is 5.32 Å². The van der Waals surface area contributed by atoms with E-state index in [0.29, 0.717) is 17.2 Å². The van der Waals surface area contributed by atoms with Gasteiger partial charge in [0, 0.05) is 11.3 Å². The molecule has 0 saturated heterocycles. The SMILES string of the molecule is Cc1c(F)cccc1NC(=O)NC(C)(CO)C1CC1. The highest BCUT2D eigenvalue weighted by atomic mass is 19.1. The van der Waals surface area contributed by atoms with Crippen LogP contribution in [0.3, 0.4) is 0 Å². The average Bonchev–Trinajstić information content (AvgIpc) is 3.19. The molecule has 4 nitrogen and oxygen atoms in total. The summed E-state index contributed by atoms with van der Waals surface area (Å²) in [7, 11) is 0. The predicted molar refractivity (Wildman–Crippen MR) is 71.5 cm³/mol. The number of hydrogen-bond acceptors (Lipinski definition) is 2. The van der Waals surface area contributed by atoms with Gasteiger partial charge in [-0.3, -0.25) is 0 Å². The normalized spacial score (nSPS) is 17.7. The first-order valence-corrected chi connectivity index (χ1v) is 6.41. The number of amides is 2. The Balaban J connectivity index is 2.03. The number of carbonyl (C=O) groups excluding carboxylic acids is 1. The number of benzene rings is 1. The second-order valence-corrected chi connectivity index (χ2v) is 5.34. The van der Waals surface area contributed by atoms with Gasteiger partial charge in [0.1, 0.15) is 5.82 Å². The van der Waals surface area contributed by atoms with Crippen LogP contribution in [0.25, 0.3) is 0 Å². The lowest BCUT2D eigenvalue weighted by Crippen LogP contribution is -2.52. The van der Waals surface area contributed by atoms with Crippen LogP contribution in [-0.4, -0.2) is 23.3 Å². The van der Waals surface area contributed by atoms with Crippen molar-refractivity contribution in [1.29, 1.82) is 0 Å². The minimum atomic E-state index is -0.606. The Morgan fingerprint density at radius 1 is 1.53 bits per heavy atom. The van der Waals surface area contributed by atoms with Gasteiger partial charge in [-0.2, -0.15) is 0 Å². The van der Waals surface area contributed by atoms with Crippen LogP contribution in [0.4, 0.5) is 14.9 Å². The Bertz CT molecular complexity index is 488. The van der Waals surface area contributed by atoms with Crippen LogP contribution in [0.1, 0.15) is 25.3 Å². The van der Waals surface area contributed by atoms with Crippen molar-refractivity contribution in [3.63, 3.8) is 0 Å². The van der Waals surface area contributed by atoms with Crippen molar-refractivity contribution in [3.05, 3.63) is 29.6 Å². The standard InChI is InChI=1S/C14H19FN2O2/c1-9-11(15)4-3-5-12(9)16-13(19)17-14(2,8-18)10-6-7-10/h3-5,10,18H,6-8H2,1-2H3,(H2,16,17,19). The van der Waals surface area contributed by atoms with Crippen LogP contribution in [0.5, 0.6) is 0 Å². The third kappa shape index (κ3) is 3.04. The molecule has 2 amide bonds. The van der Waals surface area contributed by atoms with Gasteiger partial charge in [0.25, 0.3) is 0 Å².